The van der Waals surface area contributed by atoms with Crippen LogP contribution in [0.1, 0.15) is 12.0 Å². The van der Waals surface area contributed by atoms with E-state index in [9.17, 15) is 21.6 Å². The van der Waals surface area contributed by atoms with E-state index >= 15 is 0 Å². The quantitative estimate of drug-likeness (QED) is 0.348. The number of ether oxygens (including phenoxy) is 2. The van der Waals surface area contributed by atoms with Gasteiger partial charge in [0.15, 0.2) is 0 Å². The van der Waals surface area contributed by atoms with Gasteiger partial charge in [0.2, 0.25) is 0 Å². The summed E-state index contributed by atoms with van der Waals surface area (Å²) in [4.78, 5) is 1.83. The van der Waals surface area contributed by atoms with Crippen LogP contribution in [0.25, 0.3) is 0 Å². The molecule has 1 N–H and O–H groups in total. The lowest BCUT2D eigenvalue weighted by Gasteiger charge is -2.19. The highest BCUT2D eigenvalue weighted by Gasteiger charge is 2.36. The van der Waals surface area contributed by atoms with Crippen molar-refractivity contribution in [2.75, 3.05) is 24.9 Å². The monoisotopic (exact) mass is 560 g/mol. The number of likely N-dealkylation sites (N-methyl/N-ethyl adjacent to an activating group) is 1. The first-order valence-electron chi connectivity index (χ1n) is 10.7. The van der Waals surface area contributed by atoms with Gasteiger partial charge in [-0.05, 0) is 68.1 Å². The Morgan fingerprint density at radius 2 is 1.64 bits per heavy atom. The van der Waals surface area contributed by atoms with Crippen molar-refractivity contribution < 1.29 is 31.1 Å². The zero-order valence-corrected chi connectivity index (χ0v) is 21.2. The van der Waals surface area contributed by atoms with Crippen LogP contribution in [0.15, 0.2) is 65.6 Å². The Kier molecular flexibility index (Phi) is 7.61. The molecule has 0 saturated carbocycles. The second-order valence-electron chi connectivity index (χ2n) is 8.28. The molecule has 1 heterocycles. The van der Waals surface area contributed by atoms with E-state index in [4.69, 9.17) is 32.7 Å². The topological polar surface area (TPSA) is 67.9 Å². The molecule has 1 fully saturated rings. The summed E-state index contributed by atoms with van der Waals surface area (Å²) in [5.74, 6) is 0.276. The number of alkyl halides is 3. The predicted molar refractivity (Wildman–Crippen MR) is 132 cm³/mol. The fourth-order valence-corrected chi connectivity index (χ4v) is 5.27. The van der Waals surface area contributed by atoms with Gasteiger partial charge in [-0.25, -0.2) is 8.42 Å². The normalized spacial score (nSPS) is 16.7. The Morgan fingerprint density at radius 1 is 0.972 bits per heavy atom. The number of anilines is 1. The Balaban J connectivity index is 1.52. The minimum Gasteiger partial charge on any atom is -0.488 e. The molecule has 1 aliphatic heterocycles. The van der Waals surface area contributed by atoms with E-state index in [1.54, 1.807) is 18.2 Å². The van der Waals surface area contributed by atoms with Crippen LogP contribution in [-0.2, 0) is 16.2 Å². The molecule has 4 rings (SSSR count). The second-order valence-corrected chi connectivity index (χ2v) is 10.8. The number of hydrogen-bond donors (Lipinski definition) is 1. The largest absolute Gasteiger partial charge is 0.488 e. The molecule has 0 aromatic heterocycles. The van der Waals surface area contributed by atoms with Gasteiger partial charge in [-0.15, -0.1) is 0 Å². The first-order valence-corrected chi connectivity index (χ1v) is 13.0. The maximum absolute atomic E-state index is 13.5. The fourth-order valence-electron chi connectivity index (χ4n) is 3.71. The molecule has 192 valence electrons. The van der Waals surface area contributed by atoms with Crippen molar-refractivity contribution in [2.45, 2.75) is 23.6 Å². The highest BCUT2D eigenvalue weighted by atomic mass is 35.5. The Labute approximate surface area is 216 Å². The zero-order chi connectivity index (χ0) is 26.1. The van der Waals surface area contributed by atoms with Crippen molar-refractivity contribution >= 4 is 38.9 Å². The molecule has 0 aliphatic carbocycles. The molecule has 1 saturated heterocycles. The van der Waals surface area contributed by atoms with Crippen LogP contribution in [0.2, 0.25) is 10.0 Å². The molecule has 0 radical (unpaired) electrons. The lowest BCUT2D eigenvalue weighted by molar-refractivity contribution is -0.139. The molecule has 3 aromatic rings. The number of halogens is 5. The number of sulfonamides is 1. The number of likely N-dealkylation sites (tertiary alicyclic amines) is 1. The van der Waals surface area contributed by atoms with Crippen LogP contribution in [0.5, 0.6) is 17.2 Å². The van der Waals surface area contributed by atoms with Crippen molar-refractivity contribution in [3.63, 3.8) is 0 Å². The molecule has 36 heavy (non-hydrogen) atoms. The van der Waals surface area contributed by atoms with Gasteiger partial charge in [-0.3, -0.25) is 4.72 Å². The van der Waals surface area contributed by atoms with Gasteiger partial charge in [0.1, 0.15) is 23.4 Å². The third-order valence-electron chi connectivity index (χ3n) is 5.39. The second kappa shape index (κ2) is 10.4. The standard InChI is InChI=1S/C24H21Cl2F3N2O4S/c1-31-9-8-19(14-31)35-23-13-17(2-7-22(23)24(27,28)29)30-36(32,33)21-5-3-18(4-6-21)34-20-11-15(25)10-16(26)12-20/h2-7,10-13,19,30H,8-9,14H2,1H3/t19-/m0/s1. The van der Waals surface area contributed by atoms with Crippen LogP contribution < -0.4 is 14.2 Å². The lowest BCUT2D eigenvalue weighted by atomic mass is 10.1. The molecular formula is C24H21Cl2F3N2O4S. The highest BCUT2D eigenvalue weighted by Crippen LogP contribution is 2.39. The van der Waals surface area contributed by atoms with Crippen LogP contribution in [0.3, 0.4) is 0 Å². The third kappa shape index (κ3) is 6.56. The SMILES string of the molecule is CN1CC[C@H](Oc2cc(NS(=O)(=O)c3ccc(Oc4cc(Cl)cc(Cl)c4)cc3)ccc2C(F)(F)F)C1. The average Bonchev–Trinajstić information content (AvgIpc) is 3.17. The van der Waals surface area contributed by atoms with Gasteiger partial charge in [0, 0.05) is 29.2 Å². The molecule has 0 spiro atoms. The number of rotatable bonds is 7. The summed E-state index contributed by atoms with van der Waals surface area (Å²) in [7, 11) is -2.26. The maximum atomic E-state index is 13.5. The van der Waals surface area contributed by atoms with Crippen LogP contribution in [-0.4, -0.2) is 39.6 Å². The van der Waals surface area contributed by atoms with E-state index in [0.717, 1.165) is 18.2 Å². The van der Waals surface area contributed by atoms with Crippen LogP contribution in [0, 0.1) is 0 Å². The Morgan fingerprint density at radius 3 is 2.22 bits per heavy atom. The fraction of sp³-hybridized carbons (Fsp3) is 0.250. The average molecular weight is 561 g/mol. The van der Waals surface area contributed by atoms with E-state index in [-0.39, 0.29) is 10.6 Å². The van der Waals surface area contributed by atoms with Crippen LogP contribution >= 0.6 is 23.2 Å². The molecule has 6 nitrogen and oxygen atoms in total. The highest BCUT2D eigenvalue weighted by molar-refractivity contribution is 7.92. The van der Waals surface area contributed by atoms with Crippen molar-refractivity contribution in [1.29, 1.82) is 0 Å². The number of benzene rings is 3. The summed E-state index contributed by atoms with van der Waals surface area (Å²) in [5, 5.41) is 0.751. The zero-order valence-electron chi connectivity index (χ0n) is 18.9. The van der Waals surface area contributed by atoms with Crippen molar-refractivity contribution in [2.24, 2.45) is 0 Å². The van der Waals surface area contributed by atoms with Gasteiger partial charge in [0.25, 0.3) is 10.0 Å². The molecule has 0 bridgehead atoms. The third-order valence-corrected chi connectivity index (χ3v) is 7.22. The van der Waals surface area contributed by atoms with Gasteiger partial charge >= 0.3 is 6.18 Å². The van der Waals surface area contributed by atoms with Crippen molar-refractivity contribution in [1.82, 2.24) is 4.90 Å². The molecule has 1 aliphatic rings. The van der Waals surface area contributed by atoms with Crippen molar-refractivity contribution in [3.8, 4) is 17.2 Å². The molecular weight excluding hydrogens is 540 g/mol. The van der Waals surface area contributed by atoms with E-state index in [0.29, 0.717) is 41.1 Å². The van der Waals surface area contributed by atoms with Gasteiger partial charge in [-0.2, -0.15) is 13.2 Å². The molecule has 0 unspecified atom stereocenters. The smallest absolute Gasteiger partial charge is 0.419 e. The molecule has 3 aromatic carbocycles. The summed E-state index contributed by atoms with van der Waals surface area (Å²) < 4.78 is 79.9. The Hall–Kier alpha value is -2.66. The predicted octanol–water partition coefficient (Wildman–Crippen LogP) is 6.69. The summed E-state index contributed by atoms with van der Waals surface area (Å²) in [6.07, 6.45) is -4.51. The minimum absolute atomic E-state index is 0.0572. The first-order chi connectivity index (χ1) is 16.9. The molecule has 1 atom stereocenters. The summed E-state index contributed by atoms with van der Waals surface area (Å²) >= 11 is 11.9. The van der Waals surface area contributed by atoms with E-state index in [2.05, 4.69) is 4.72 Å². The maximum Gasteiger partial charge on any atom is 0.419 e. The van der Waals surface area contributed by atoms with Gasteiger partial charge < -0.3 is 14.4 Å². The number of nitrogens with one attached hydrogen (secondary N) is 1. The van der Waals surface area contributed by atoms with E-state index in [1.807, 2.05) is 11.9 Å². The molecule has 0 amide bonds. The van der Waals surface area contributed by atoms with E-state index < -0.39 is 33.6 Å². The first kappa shape index (κ1) is 26.4. The van der Waals surface area contributed by atoms with E-state index in [1.165, 1.54) is 24.3 Å². The number of nitrogens with zero attached hydrogens (tertiary/aromatic N) is 1. The van der Waals surface area contributed by atoms with Crippen molar-refractivity contribution in [3.05, 3.63) is 76.3 Å². The van der Waals surface area contributed by atoms with Gasteiger partial charge in [0.05, 0.1) is 16.1 Å². The summed E-state index contributed by atoms with van der Waals surface area (Å²) in [5.41, 5.74) is -1.03. The molecule has 12 heteroatoms. The summed E-state index contributed by atoms with van der Waals surface area (Å²) in [6.45, 7) is 1.17. The minimum atomic E-state index is -4.65. The Bertz CT molecular complexity index is 1330. The number of hydrogen-bond acceptors (Lipinski definition) is 5. The summed E-state index contributed by atoms with van der Waals surface area (Å²) in [6, 6.07) is 13.0. The van der Waals surface area contributed by atoms with Gasteiger partial charge in [-0.1, -0.05) is 23.2 Å². The lowest BCUT2D eigenvalue weighted by Crippen LogP contribution is -2.23. The van der Waals surface area contributed by atoms with Crippen LogP contribution in [0.4, 0.5) is 18.9 Å².